The van der Waals surface area contributed by atoms with E-state index in [0.29, 0.717) is 5.82 Å². The zero-order chi connectivity index (χ0) is 15.6. The lowest BCUT2D eigenvalue weighted by Crippen LogP contribution is -2.28. The molecule has 0 aromatic carbocycles. The summed E-state index contributed by atoms with van der Waals surface area (Å²) in [6, 6.07) is 0. The first-order valence-corrected chi connectivity index (χ1v) is 7.81. The van der Waals surface area contributed by atoms with Crippen LogP contribution in [0.25, 0.3) is 11.0 Å². The highest BCUT2D eigenvalue weighted by atomic mass is 15.2. The minimum atomic E-state index is 0.595. The molecule has 2 heterocycles. The predicted octanol–water partition coefficient (Wildman–Crippen LogP) is 2.67. The zero-order valence-electron chi connectivity index (χ0n) is 13.9. The number of aromatic nitrogens is 3. The van der Waals surface area contributed by atoms with Gasteiger partial charge in [-0.05, 0) is 45.8 Å². The van der Waals surface area contributed by atoms with Gasteiger partial charge in [0.1, 0.15) is 17.3 Å². The molecule has 2 N–H and O–H groups in total. The SMILES string of the molecule is CCCN(CC)CCn1c(C)c(C)c2c(N)nc(C)nc21. The zero-order valence-corrected chi connectivity index (χ0v) is 13.9. The molecule has 0 saturated carbocycles. The summed E-state index contributed by atoms with van der Waals surface area (Å²) in [4.78, 5) is 11.4. The summed E-state index contributed by atoms with van der Waals surface area (Å²) in [6.45, 7) is 14.8. The highest BCUT2D eigenvalue weighted by Gasteiger charge is 2.16. The number of nitrogens with two attached hydrogens (primary N) is 1. The molecule has 0 bridgehead atoms. The Morgan fingerprint density at radius 3 is 2.43 bits per heavy atom. The van der Waals surface area contributed by atoms with Gasteiger partial charge in [-0.15, -0.1) is 0 Å². The Hall–Kier alpha value is -1.62. The van der Waals surface area contributed by atoms with Crippen LogP contribution in [0.5, 0.6) is 0 Å². The topological polar surface area (TPSA) is 60.0 Å². The molecule has 0 radical (unpaired) electrons. The van der Waals surface area contributed by atoms with Gasteiger partial charge >= 0.3 is 0 Å². The molecule has 0 spiro atoms. The van der Waals surface area contributed by atoms with E-state index in [2.05, 4.69) is 47.1 Å². The van der Waals surface area contributed by atoms with E-state index < -0.39 is 0 Å². The maximum Gasteiger partial charge on any atom is 0.146 e. The minimum absolute atomic E-state index is 0.595. The lowest BCUT2D eigenvalue weighted by atomic mass is 10.2. The summed E-state index contributed by atoms with van der Waals surface area (Å²) in [6.07, 6.45) is 1.19. The number of hydrogen-bond donors (Lipinski definition) is 1. The van der Waals surface area contributed by atoms with Gasteiger partial charge in [0, 0.05) is 18.8 Å². The third kappa shape index (κ3) is 3.02. The van der Waals surface area contributed by atoms with Gasteiger partial charge in [0.2, 0.25) is 0 Å². The molecule has 0 amide bonds. The van der Waals surface area contributed by atoms with Crippen molar-refractivity contribution >= 4 is 16.9 Å². The average molecular weight is 289 g/mol. The van der Waals surface area contributed by atoms with Crippen LogP contribution in [0.2, 0.25) is 0 Å². The number of likely N-dealkylation sites (N-methyl/N-ethyl adjacent to an activating group) is 1. The van der Waals surface area contributed by atoms with Crippen LogP contribution in [-0.4, -0.2) is 39.1 Å². The number of aryl methyl sites for hydroxylation is 2. The molecule has 5 nitrogen and oxygen atoms in total. The van der Waals surface area contributed by atoms with E-state index in [1.807, 2.05) is 6.92 Å². The first-order chi connectivity index (χ1) is 9.99. The van der Waals surface area contributed by atoms with Crippen LogP contribution in [0.4, 0.5) is 5.82 Å². The molecule has 0 unspecified atom stereocenters. The molecular weight excluding hydrogens is 262 g/mol. The molecular formula is C16H27N5. The second-order valence-electron chi connectivity index (χ2n) is 5.65. The van der Waals surface area contributed by atoms with E-state index in [4.69, 9.17) is 5.73 Å². The molecule has 2 aromatic rings. The molecule has 0 aliphatic heterocycles. The molecule has 2 aromatic heterocycles. The van der Waals surface area contributed by atoms with Crippen molar-refractivity contribution in [1.82, 2.24) is 19.4 Å². The minimum Gasteiger partial charge on any atom is -0.383 e. The van der Waals surface area contributed by atoms with E-state index in [0.717, 1.165) is 43.0 Å². The summed E-state index contributed by atoms with van der Waals surface area (Å²) >= 11 is 0. The molecule has 0 saturated heterocycles. The fourth-order valence-electron chi connectivity index (χ4n) is 2.94. The molecule has 5 heteroatoms. The number of nitrogens with zero attached hydrogens (tertiary/aromatic N) is 4. The van der Waals surface area contributed by atoms with Gasteiger partial charge in [0.25, 0.3) is 0 Å². The number of nitrogen functional groups attached to an aromatic ring is 1. The second-order valence-corrected chi connectivity index (χ2v) is 5.65. The van der Waals surface area contributed by atoms with Crippen LogP contribution in [-0.2, 0) is 6.54 Å². The van der Waals surface area contributed by atoms with Crippen molar-refractivity contribution in [3.63, 3.8) is 0 Å². The lowest BCUT2D eigenvalue weighted by molar-refractivity contribution is 0.277. The fourth-order valence-corrected chi connectivity index (χ4v) is 2.94. The molecule has 2 rings (SSSR count). The van der Waals surface area contributed by atoms with Crippen LogP contribution in [0, 0.1) is 20.8 Å². The highest BCUT2D eigenvalue weighted by Crippen LogP contribution is 2.27. The normalized spacial score (nSPS) is 11.7. The Morgan fingerprint density at radius 2 is 1.81 bits per heavy atom. The summed E-state index contributed by atoms with van der Waals surface area (Å²) in [5.74, 6) is 1.33. The monoisotopic (exact) mass is 289 g/mol. The molecule has 0 atom stereocenters. The van der Waals surface area contributed by atoms with E-state index in [-0.39, 0.29) is 0 Å². The Balaban J connectivity index is 2.37. The van der Waals surface area contributed by atoms with Crippen LogP contribution in [0.15, 0.2) is 0 Å². The van der Waals surface area contributed by atoms with Gasteiger partial charge in [-0.3, -0.25) is 0 Å². The highest BCUT2D eigenvalue weighted by molar-refractivity contribution is 5.91. The molecule has 0 aliphatic rings. The predicted molar refractivity (Wildman–Crippen MR) is 88.6 cm³/mol. The van der Waals surface area contributed by atoms with E-state index in [1.54, 1.807) is 0 Å². The van der Waals surface area contributed by atoms with E-state index in [9.17, 15) is 0 Å². The van der Waals surface area contributed by atoms with Gasteiger partial charge in [-0.1, -0.05) is 13.8 Å². The van der Waals surface area contributed by atoms with Crippen molar-refractivity contribution in [2.24, 2.45) is 0 Å². The quantitative estimate of drug-likeness (QED) is 0.888. The smallest absolute Gasteiger partial charge is 0.146 e. The standard InChI is InChI=1S/C16H27N5/c1-6-8-20(7-2)9-10-21-12(4)11(3)14-15(17)18-13(5)19-16(14)21/h6-10H2,1-5H3,(H2,17,18,19). The van der Waals surface area contributed by atoms with Gasteiger partial charge < -0.3 is 15.2 Å². The molecule has 0 fully saturated rings. The Morgan fingerprint density at radius 1 is 1.10 bits per heavy atom. The molecule has 116 valence electrons. The second kappa shape index (κ2) is 6.43. The Kier molecular flexibility index (Phi) is 4.83. The van der Waals surface area contributed by atoms with Crippen molar-refractivity contribution in [3.8, 4) is 0 Å². The van der Waals surface area contributed by atoms with E-state index >= 15 is 0 Å². The first kappa shape index (κ1) is 15.8. The fraction of sp³-hybridized carbons (Fsp3) is 0.625. The maximum absolute atomic E-state index is 6.10. The maximum atomic E-state index is 6.10. The van der Waals surface area contributed by atoms with Crippen molar-refractivity contribution in [2.75, 3.05) is 25.4 Å². The largest absolute Gasteiger partial charge is 0.383 e. The Bertz CT molecular complexity index is 629. The van der Waals surface area contributed by atoms with Crippen LogP contribution < -0.4 is 5.73 Å². The van der Waals surface area contributed by atoms with Crippen LogP contribution >= 0.6 is 0 Å². The summed E-state index contributed by atoms with van der Waals surface area (Å²) in [7, 11) is 0. The summed E-state index contributed by atoms with van der Waals surface area (Å²) in [5, 5.41) is 1.01. The van der Waals surface area contributed by atoms with Gasteiger partial charge in [-0.25, -0.2) is 9.97 Å². The van der Waals surface area contributed by atoms with Crippen molar-refractivity contribution in [3.05, 3.63) is 17.1 Å². The third-order valence-corrected chi connectivity index (χ3v) is 4.23. The van der Waals surface area contributed by atoms with Crippen LogP contribution in [0.1, 0.15) is 37.4 Å². The van der Waals surface area contributed by atoms with Gasteiger partial charge in [0.15, 0.2) is 0 Å². The third-order valence-electron chi connectivity index (χ3n) is 4.23. The van der Waals surface area contributed by atoms with Crippen molar-refractivity contribution in [2.45, 2.75) is 47.6 Å². The number of fused-ring (bicyclic) bond motifs is 1. The van der Waals surface area contributed by atoms with Crippen molar-refractivity contribution < 1.29 is 0 Å². The summed E-state index contributed by atoms with van der Waals surface area (Å²) < 4.78 is 2.29. The number of hydrogen-bond acceptors (Lipinski definition) is 4. The van der Waals surface area contributed by atoms with Gasteiger partial charge in [-0.2, -0.15) is 0 Å². The van der Waals surface area contributed by atoms with Crippen molar-refractivity contribution in [1.29, 1.82) is 0 Å². The average Bonchev–Trinajstić information content (AvgIpc) is 2.67. The van der Waals surface area contributed by atoms with Gasteiger partial charge in [0.05, 0.1) is 5.39 Å². The summed E-state index contributed by atoms with van der Waals surface area (Å²) in [5.41, 5.74) is 9.51. The molecule has 21 heavy (non-hydrogen) atoms. The Labute approximate surface area is 127 Å². The number of anilines is 1. The number of rotatable bonds is 6. The van der Waals surface area contributed by atoms with Crippen LogP contribution in [0.3, 0.4) is 0 Å². The first-order valence-electron chi connectivity index (χ1n) is 7.81. The molecule has 0 aliphatic carbocycles. The lowest BCUT2D eigenvalue weighted by Gasteiger charge is -2.20. The van der Waals surface area contributed by atoms with E-state index in [1.165, 1.54) is 17.7 Å².